The molecule has 0 spiro atoms. The van der Waals surface area contributed by atoms with Crippen molar-refractivity contribution in [3.05, 3.63) is 39.3 Å². The van der Waals surface area contributed by atoms with E-state index in [0.29, 0.717) is 13.2 Å². The van der Waals surface area contributed by atoms with E-state index in [-0.39, 0.29) is 7.12 Å². The van der Waals surface area contributed by atoms with Crippen LogP contribution >= 0.6 is 31.9 Å². The summed E-state index contributed by atoms with van der Waals surface area (Å²) in [6, 6.07) is 10.2. The van der Waals surface area contributed by atoms with Gasteiger partial charge in [0.2, 0.25) is 0 Å². The molecule has 0 unspecified atom stereocenters. The monoisotopic (exact) mass is 354 g/mol. The summed E-state index contributed by atoms with van der Waals surface area (Å²) in [7, 11) is -0.267. The summed E-state index contributed by atoms with van der Waals surface area (Å²) in [5, 5.41) is 0. The molecule has 3 aliphatic rings. The summed E-state index contributed by atoms with van der Waals surface area (Å²) in [5.41, 5.74) is 3.37. The smallest absolute Gasteiger partial charge is 0.405 e. The molecule has 3 rings (SSSR count). The summed E-state index contributed by atoms with van der Waals surface area (Å²) in [6.45, 7) is 1.30. The minimum atomic E-state index is -0.267. The van der Waals surface area contributed by atoms with Crippen molar-refractivity contribution in [3.8, 4) is 11.1 Å². The van der Waals surface area contributed by atoms with Crippen LogP contribution in [0.25, 0.3) is 11.1 Å². The molecule has 1 aliphatic heterocycles. The molecule has 86 valence electrons. The quantitative estimate of drug-likeness (QED) is 0.732. The Balaban J connectivity index is 2.21. The largest absolute Gasteiger partial charge is 0.496 e. The normalized spacial score (nSPS) is 15.8. The third kappa shape index (κ3) is 1.95. The van der Waals surface area contributed by atoms with Crippen LogP contribution in [-0.2, 0) is 9.31 Å². The van der Waals surface area contributed by atoms with Gasteiger partial charge in [-0.25, -0.2) is 0 Å². The Kier molecular flexibility index (Phi) is 3.26. The maximum absolute atomic E-state index is 5.57. The van der Waals surface area contributed by atoms with Crippen molar-refractivity contribution in [1.82, 2.24) is 0 Å². The molecule has 2 aliphatic carbocycles. The number of hydrogen-bond donors (Lipinski definition) is 0. The molecule has 0 aromatic heterocycles. The lowest BCUT2D eigenvalue weighted by molar-refractivity contribution is 0.365. The first-order valence-electron chi connectivity index (χ1n) is 5.38. The second-order valence-electron chi connectivity index (χ2n) is 3.85. The Labute approximate surface area is 117 Å². The SMILES string of the molecule is Brc1c2cccccc-2c(Br)c1B1OCCO1. The van der Waals surface area contributed by atoms with E-state index in [2.05, 4.69) is 44.0 Å². The third-order valence-corrected chi connectivity index (χ3v) is 4.55. The highest BCUT2D eigenvalue weighted by atomic mass is 79.9. The van der Waals surface area contributed by atoms with Crippen LogP contribution < -0.4 is 5.46 Å². The number of halogens is 2. The van der Waals surface area contributed by atoms with E-state index < -0.39 is 0 Å². The van der Waals surface area contributed by atoms with Gasteiger partial charge in [-0.3, -0.25) is 0 Å². The van der Waals surface area contributed by atoms with Crippen LogP contribution in [0.3, 0.4) is 0 Å². The Hall–Kier alpha value is -0.355. The topological polar surface area (TPSA) is 18.5 Å². The molecule has 17 heavy (non-hydrogen) atoms. The van der Waals surface area contributed by atoms with E-state index in [1.54, 1.807) is 0 Å². The fourth-order valence-corrected chi connectivity index (χ4v) is 3.78. The lowest BCUT2D eigenvalue weighted by Gasteiger charge is -2.03. The zero-order valence-electron chi connectivity index (χ0n) is 8.95. The van der Waals surface area contributed by atoms with E-state index in [1.807, 2.05) is 18.2 Å². The van der Waals surface area contributed by atoms with Crippen LogP contribution in [0.2, 0.25) is 0 Å². The molecule has 1 fully saturated rings. The molecule has 2 nitrogen and oxygen atoms in total. The van der Waals surface area contributed by atoms with Crippen molar-refractivity contribution < 1.29 is 9.31 Å². The number of fused-ring (bicyclic) bond motifs is 1. The molecule has 0 N–H and O–H groups in total. The number of hydrogen-bond acceptors (Lipinski definition) is 2. The summed E-state index contributed by atoms with van der Waals surface area (Å²) in [6.07, 6.45) is 0. The van der Waals surface area contributed by atoms with Gasteiger partial charge >= 0.3 is 7.12 Å². The third-order valence-electron chi connectivity index (χ3n) is 2.84. The molecule has 1 heterocycles. The first kappa shape index (κ1) is 11.7. The van der Waals surface area contributed by atoms with Gasteiger partial charge in [0.15, 0.2) is 0 Å². The van der Waals surface area contributed by atoms with Crippen molar-refractivity contribution in [2.45, 2.75) is 0 Å². The standard InChI is InChI=1S/C12H9BBr2O2/c14-11-8-4-2-1-3-5-9(8)12(15)10(11)13-16-6-7-17-13/h1-5H,6-7H2. The van der Waals surface area contributed by atoms with Crippen LogP contribution in [0.15, 0.2) is 39.3 Å². The average molecular weight is 356 g/mol. The summed E-state index contributed by atoms with van der Waals surface area (Å²) < 4.78 is 13.2. The summed E-state index contributed by atoms with van der Waals surface area (Å²) in [5.74, 6) is 0. The summed E-state index contributed by atoms with van der Waals surface area (Å²) >= 11 is 7.29. The van der Waals surface area contributed by atoms with Crippen molar-refractivity contribution in [2.75, 3.05) is 13.2 Å². The molecule has 0 radical (unpaired) electrons. The van der Waals surface area contributed by atoms with Gasteiger partial charge in [0.25, 0.3) is 0 Å². The fourth-order valence-electron chi connectivity index (χ4n) is 2.05. The highest BCUT2D eigenvalue weighted by molar-refractivity contribution is 9.11. The van der Waals surface area contributed by atoms with Gasteiger partial charge in [-0.2, -0.15) is 0 Å². The van der Waals surface area contributed by atoms with Gasteiger partial charge in [-0.1, -0.05) is 62.2 Å². The molecule has 1 saturated heterocycles. The zero-order valence-corrected chi connectivity index (χ0v) is 12.1. The first-order valence-corrected chi connectivity index (χ1v) is 6.96. The average Bonchev–Trinajstić information content (AvgIpc) is 2.81. The Bertz CT molecular complexity index is 490. The molecule has 5 heteroatoms. The van der Waals surface area contributed by atoms with Gasteiger partial charge in [-0.15, -0.1) is 0 Å². The van der Waals surface area contributed by atoms with Crippen LogP contribution in [0.1, 0.15) is 0 Å². The predicted molar refractivity (Wildman–Crippen MR) is 75.8 cm³/mol. The van der Waals surface area contributed by atoms with Gasteiger partial charge in [-0.05, 0) is 11.1 Å². The second-order valence-corrected chi connectivity index (χ2v) is 5.44. The van der Waals surface area contributed by atoms with E-state index >= 15 is 0 Å². The lowest BCUT2D eigenvalue weighted by Crippen LogP contribution is -2.32. The van der Waals surface area contributed by atoms with Crippen LogP contribution in [0.5, 0.6) is 0 Å². The molecule has 0 aromatic rings. The van der Waals surface area contributed by atoms with E-state index in [9.17, 15) is 0 Å². The summed E-state index contributed by atoms with van der Waals surface area (Å²) in [4.78, 5) is 0. The Morgan fingerprint density at radius 3 is 1.94 bits per heavy atom. The van der Waals surface area contributed by atoms with E-state index in [4.69, 9.17) is 9.31 Å². The fraction of sp³-hybridized carbons (Fsp3) is 0.167. The van der Waals surface area contributed by atoms with Gasteiger partial charge in [0.1, 0.15) is 0 Å². The Morgan fingerprint density at radius 2 is 1.41 bits per heavy atom. The minimum Gasteiger partial charge on any atom is -0.405 e. The minimum absolute atomic E-state index is 0.267. The number of rotatable bonds is 1. The lowest BCUT2D eigenvalue weighted by atomic mass is 9.81. The maximum Gasteiger partial charge on any atom is 0.496 e. The molecule has 0 bridgehead atoms. The molecule has 0 aromatic carbocycles. The van der Waals surface area contributed by atoms with Crippen molar-refractivity contribution in [3.63, 3.8) is 0 Å². The molecular formula is C12H9BBr2O2. The van der Waals surface area contributed by atoms with Crippen LogP contribution in [0.4, 0.5) is 0 Å². The maximum atomic E-state index is 5.57. The predicted octanol–water partition coefficient (Wildman–Crippen LogP) is 3.06. The van der Waals surface area contributed by atoms with Crippen molar-refractivity contribution in [2.24, 2.45) is 0 Å². The molecule has 0 atom stereocenters. The van der Waals surface area contributed by atoms with Crippen LogP contribution in [-0.4, -0.2) is 20.3 Å². The van der Waals surface area contributed by atoms with Gasteiger partial charge in [0, 0.05) is 14.4 Å². The van der Waals surface area contributed by atoms with Crippen LogP contribution in [0, 0.1) is 0 Å². The Morgan fingerprint density at radius 1 is 0.882 bits per heavy atom. The van der Waals surface area contributed by atoms with E-state index in [1.165, 1.54) is 0 Å². The van der Waals surface area contributed by atoms with E-state index in [0.717, 1.165) is 25.5 Å². The van der Waals surface area contributed by atoms with Crippen molar-refractivity contribution >= 4 is 44.4 Å². The van der Waals surface area contributed by atoms with Gasteiger partial charge < -0.3 is 9.31 Å². The molecule has 0 saturated carbocycles. The first-order chi connectivity index (χ1) is 8.29. The van der Waals surface area contributed by atoms with Gasteiger partial charge in [0.05, 0.1) is 13.2 Å². The highest BCUT2D eigenvalue weighted by Gasteiger charge is 2.34. The zero-order chi connectivity index (χ0) is 11.8. The molecule has 0 amide bonds. The van der Waals surface area contributed by atoms with Crippen molar-refractivity contribution in [1.29, 1.82) is 0 Å². The molecular weight excluding hydrogens is 347 g/mol. The second kappa shape index (κ2) is 4.73. The highest BCUT2D eigenvalue weighted by Crippen LogP contribution is 2.37.